The molecule has 4 N–H and O–H groups in total. The van der Waals surface area contributed by atoms with Gasteiger partial charge >= 0.3 is 18.3 Å². The van der Waals surface area contributed by atoms with Crippen LogP contribution in [0.15, 0.2) is 30.6 Å². The number of anilines is 1. The largest absolute Gasteiger partial charge is 0.573 e. The predicted molar refractivity (Wildman–Crippen MR) is 119 cm³/mol. The fraction of sp³-hybridized carbons (Fsp3) is 0.381. The van der Waals surface area contributed by atoms with Crippen LogP contribution in [0.5, 0.6) is 5.75 Å². The number of alkyl halides is 4. The van der Waals surface area contributed by atoms with Crippen molar-refractivity contribution in [3.63, 3.8) is 0 Å². The number of nitrogens with two attached hydrogens (primary N) is 1. The van der Waals surface area contributed by atoms with Crippen LogP contribution in [0.3, 0.4) is 0 Å². The molecule has 1 aromatic carbocycles. The van der Waals surface area contributed by atoms with Crippen molar-refractivity contribution in [1.82, 2.24) is 19.5 Å². The Morgan fingerprint density at radius 2 is 1.95 bits per heavy atom. The third kappa shape index (κ3) is 5.56. The SMILES string of the molecule is Nc1nc(Cl)nc2c1ncn2C1OC(COC(Cc2cccc(OC(F)(F)F)c2)(C(=O)O)C(=O)O)CC1F. The molecule has 0 spiro atoms. The third-order valence-corrected chi connectivity index (χ3v) is 5.79. The molecule has 1 saturated heterocycles. The number of ether oxygens (including phenoxy) is 3. The molecule has 12 nitrogen and oxygen atoms in total. The highest BCUT2D eigenvalue weighted by molar-refractivity contribution is 6.28. The highest BCUT2D eigenvalue weighted by Gasteiger charge is 2.50. The van der Waals surface area contributed by atoms with Crippen LogP contribution in [0.2, 0.25) is 5.28 Å². The van der Waals surface area contributed by atoms with Crippen LogP contribution in [-0.4, -0.2) is 72.5 Å². The van der Waals surface area contributed by atoms with Crippen molar-refractivity contribution in [3.8, 4) is 5.75 Å². The molecule has 4 rings (SSSR count). The van der Waals surface area contributed by atoms with Gasteiger partial charge in [-0.2, -0.15) is 9.97 Å². The molecule has 1 fully saturated rings. The number of imidazole rings is 1. The van der Waals surface area contributed by atoms with Crippen molar-refractivity contribution in [2.24, 2.45) is 0 Å². The van der Waals surface area contributed by atoms with Crippen molar-refractivity contribution in [1.29, 1.82) is 0 Å². The van der Waals surface area contributed by atoms with E-state index in [0.717, 1.165) is 18.2 Å². The van der Waals surface area contributed by atoms with E-state index in [1.807, 2.05) is 0 Å². The summed E-state index contributed by atoms with van der Waals surface area (Å²) in [5, 5.41) is 19.2. The number of carboxylic acid groups (broad SMARTS) is 2. The Hall–Kier alpha value is -3.76. The second kappa shape index (κ2) is 10.2. The van der Waals surface area contributed by atoms with Crippen molar-refractivity contribution in [3.05, 3.63) is 41.4 Å². The second-order valence-electron chi connectivity index (χ2n) is 8.22. The number of aliphatic carboxylic acids is 2. The van der Waals surface area contributed by atoms with Gasteiger partial charge in [-0.05, 0) is 29.3 Å². The molecule has 0 bridgehead atoms. The summed E-state index contributed by atoms with van der Waals surface area (Å²) in [4.78, 5) is 35.8. The number of halogens is 5. The molecular weight excluding hydrogens is 546 g/mol. The van der Waals surface area contributed by atoms with Crippen molar-refractivity contribution in [2.45, 2.75) is 43.3 Å². The molecule has 2 aromatic heterocycles. The average Bonchev–Trinajstić information content (AvgIpc) is 3.38. The normalized spacial score (nSPS) is 20.1. The Morgan fingerprint density at radius 1 is 1.24 bits per heavy atom. The van der Waals surface area contributed by atoms with Crippen LogP contribution in [0.1, 0.15) is 18.2 Å². The first kappa shape index (κ1) is 27.3. The lowest BCUT2D eigenvalue weighted by Gasteiger charge is -2.27. The second-order valence-corrected chi connectivity index (χ2v) is 8.56. The van der Waals surface area contributed by atoms with Gasteiger partial charge in [-0.15, -0.1) is 13.2 Å². The first-order valence-corrected chi connectivity index (χ1v) is 11.1. The Labute approximate surface area is 214 Å². The summed E-state index contributed by atoms with van der Waals surface area (Å²) in [6.07, 6.45) is -9.10. The van der Waals surface area contributed by atoms with E-state index < -0.39 is 61.2 Å². The number of aromatic nitrogens is 4. The third-order valence-electron chi connectivity index (χ3n) is 5.62. The Balaban J connectivity index is 1.52. The van der Waals surface area contributed by atoms with Crippen LogP contribution in [-0.2, 0) is 25.5 Å². The number of nitrogens with zero attached hydrogens (tertiary/aromatic N) is 4. The van der Waals surface area contributed by atoms with E-state index in [0.29, 0.717) is 0 Å². The van der Waals surface area contributed by atoms with Gasteiger partial charge in [0.1, 0.15) is 17.4 Å². The number of carbonyl (C=O) groups is 2. The molecule has 0 aliphatic carbocycles. The maximum atomic E-state index is 14.9. The van der Waals surface area contributed by atoms with Gasteiger partial charge in [-0.1, -0.05) is 12.1 Å². The minimum absolute atomic E-state index is 0.0514. The van der Waals surface area contributed by atoms with E-state index in [2.05, 4.69) is 19.7 Å². The Kier molecular flexibility index (Phi) is 7.31. The van der Waals surface area contributed by atoms with E-state index in [9.17, 15) is 37.4 Å². The molecule has 38 heavy (non-hydrogen) atoms. The van der Waals surface area contributed by atoms with Gasteiger partial charge in [-0.3, -0.25) is 4.57 Å². The molecule has 204 valence electrons. The monoisotopic (exact) mass is 563 g/mol. The topological polar surface area (TPSA) is 172 Å². The molecule has 3 aromatic rings. The lowest BCUT2D eigenvalue weighted by atomic mass is 9.94. The molecular formula is C21H18ClF4N5O7. The first-order valence-electron chi connectivity index (χ1n) is 10.7. The highest BCUT2D eigenvalue weighted by atomic mass is 35.5. The summed E-state index contributed by atoms with van der Waals surface area (Å²) in [5.41, 5.74) is 2.89. The summed E-state index contributed by atoms with van der Waals surface area (Å²) in [6.45, 7) is -0.682. The van der Waals surface area contributed by atoms with Gasteiger partial charge in [0.15, 0.2) is 17.7 Å². The van der Waals surface area contributed by atoms with Gasteiger partial charge < -0.3 is 30.2 Å². The molecule has 3 unspecified atom stereocenters. The fourth-order valence-corrected chi connectivity index (χ4v) is 4.11. The lowest BCUT2D eigenvalue weighted by molar-refractivity contribution is -0.274. The van der Waals surface area contributed by atoms with E-state index >= 15 is 0 Å². The Bertz CT molecular complexity index is 1360. The number of hydrogen-bond donors (Lipinski definition) is 3. The van der Waals surface area contributed by atoms with Crippen molar-refractivity contribution in [2.75, 3.05) is 12.3 Å². The summed E-state index contributed by atoms with van der Waals surface area (Å²) in [7, 11) is 0. The minimum Gasteiger partial charge on any atom is -0.479 e. The average molecular weight is 564 g/mol. The van der Waals surface area contributed by atoms with Crippen LogP contribution >= 0.6 is 11.6 Å². The smallest absolute Gasteiger partial charge is 0.479 e. The number of fused-ring (bicyclic) bond motifs is 1. The fourth-order valence-electron chi connectivity index (χ4n) is 3.94. The predicted octanol–water partition coefficient (Wildman–Crippen LogP) is 2.75. The number of benzene rings is 1. The van der Waals surface area contributed by atoms with Crippen molar-refractivity contribution < 1.29 is 51.6 Å². The van der Waals surface area contributed by atoms with E-state index in [4.69, 9.17) is 26.8 Å². The molecule has 1 aliphatic heterocycles. The molecule has 0 saturated carbocycles. The minimum atomic E-state index is -5.02. The number of hydrogen-bond acceptors (Lipinski definition) is 9. The standard InChI is InChI=1S/C21H18ClF4N5O7/c22-19-29-14(27)13-15(30-19)31(8-28-13)16-12(23)5-11(37-16)7-36-20(17(32)33,18(34)35)6-9-2-1-3-10(4-9)38-21(24,25)26/h1-4,8,11-12,16H,5-7H2,(H,32,33)(H,34,35)(H2,27,29,30). The van der Waals surface area contributed by atoms with Crippen LogP contribution < -0.4 is 10.5 Å². The molecule has 3 heterocycles. The van der Waals surface area contributed by atoms with Crippen LogP contribution in [0.4, 0.5) is 23.4 Å². The first-order chi connectivity index (χ1) is 17.8. The van der Waals surface area contributed by atoms with E-state index in [1.54, 1.807) is 0 Å². The molecule has 0 amide bonds. The number of rotatable bonds is 9. The quantitative estimate of drug-likeness (QED) is 0.198. The van der Waals surface area contributed by atoms with Gasteiger partial charge in [0.05, 0.1) is 19.0 Å². The maximum absolute atomic E-state index is 14.9. The van der Waals surface area contributed by atoms with E-state index in [-0.39, 0.29) is 34.2 Å². The summed E-state index contributed by atoms with van der Waals surface area (Å²) < 4.78 is 68.5. The van der Waals surface area contributed by atoms with Gasteiger partial charge in [0.2, 0.25) is 5.28 Å². The van der Waals surface area contributed by atoms with Crippen LogP contribution in [0, 0.1) is 0 Å². The Morgan fingerprint density at radius 3 is 2.61 bits per heavy atom. The lowest BCUT2D eigenvalue weighted by Crippen LogP contribution is -2.52. The summed E-state index contributed by atoms with van der Waals surface area (Å²) in [6, 6.07) is 4.12. The molecule has 0 radical (unpaired) electrons. The van der Waals surface area contributed by atoms with Crippen molar-refractivity contribution >= 4 is 40.5 Å². The van der Waals surface area contributed by atoms with Gasteiger partial charge in [-0.25, -0.2) is 19.0 Å². The van der Waals surface area contributed by atoms with E-state index in [1.165, 1.54) is 17.0 Å². The molecule has 3 atom stereocenters. The van der Waals surface area contributed by atoms with Gasteiger partial charge in [0.25, 0.3) is 5.60 Å². The zero-order valence-corrected chi connectivity index (χ0v) is 19.7. The summed E-state index contributed by atoms with van der Waals surface area (Å²) >= 11 is 5.82. The molecule has 1 aliphatic rings. The zero-order valence-electron chi connectivity index (χ0n) is 18.9. The zero-order chi connectivity index (χ0) is 27.8. The van der Waals surface area contributed by atoms with Crippen LogP contribution in [0.25, 0.3) is 11.2 Å². The highest BCUT2D eigenvalue weighted by Crippen LogP contribution is 2.35. The maximum Gasteiger partial charge on any atom is 0.573 e. The number of nitrogen functional groups attached to an aromatic ring is 1. The summed E-state index contributed by atoms with van der Waals surface area (Å²) in [5.74, 6) is -4.59. The van der Waals surface area contributed by atoms with Gasteiger partial charge in [0, 0.05) is 12.8 Å². The molecule has 17 heteroatoms. The number of carboxylic acids is 2.